The molecule has 0 aliphatic carbocycles. The van der Waals surface area contributed by atoms with Crippen LogP contribution in [0.15, 0.2) is 24.4 Å². The fourth-order valence-corrected chi connectivity index (χ4v) is 0.740. The third-order valence-corrected chi connectivity index (χ3v) is 1.51. The minimum atomic E-state index is -0.902. The summed E-state index contributed by atoms with van der Waals surface area (Å²) < 4.78 is -0.902. The highest BCUT2D eigenvalue weighted by molar-refractivity contribution is 5.32. The number of hydrogen-bond donors (Lipinski definition) is 1. The molecule has 4 nitrogen and oxygen atoms in total. The summed E-state index contributed by atoms with van der Waals surface area (Å²) in [7, 11) is 0. The zero-order valence-electron chi connectivity index (χ0n) is 6.40. The summed E-state index contributed by atoms with van der Waals surface area (Å²) in [5.41, 5.74) is 0. The third-order valence-electron chi connectivity index (χ3n) is 1.51. The first-order valence-electron chi connectivity index (χ1n) is 3.46. The van der Waals surface area contributed by atoms with Gasteiger partial charge in [-0.3, -0.25) is 0 Å². The van der Waals surface area contributed by atoms with Crippen molar-refractivity contribution in [2.75, 3.05) is 6.54 Å². The second-order valence-electron chi connectivity index (χ2n) is 2.30. The van der Waals surface area contributed by atoms with Crippen LogP contribution in [0.4, 0.5) is 5.82 Å². The van der Waals surface area contributed by atoms with Crippen LogP contribution in [-0.2, 0) is 0 Å². The van der Waals surface area contributed by atoms with Crippen LogP contribution < -0.4 is 10.6 Å². The summed E-state index contributed by atoms with van der Waals surface area (Å²) >= 11 is 0. The first-order valence-corrected chi connectivity index (χ1v) is 3.46. The summed E-state index contributed by atoms with van der Waals surface area (Å²) in [4.78, 5) is 3.86. The molecule has 0 fully saturated rings. The molecule has 0 spiro atoms. The highest BCUT2D eigenvalue weighted by Gasteiger charge is 2.12. The van der Waals surface area contributed by atoms with Gasteiger partial charge in [-0.05, 0) is 13.0 Å². The number of aromatic nitrogens is 1. The van der Waals surface area contributed by atoms with Crippen LogP contribution in [-0.4, -0.2) is 11.5 Å². The molecule has 1 aromatic heterocycles. The Morgan fingerprint density at radius 3 is 2.82 bits per heavy atom. The van der Waals surface area contributed by atoms with Gasteiger partial charge in [0.05, 0.1) is 6.54 Å². The van der Waals surface area contributed by atoms with E-state index in [0.717, 1.165) is 0 Å². The maximum absolute atomic E-state index is 11.3. The standard InChI is InChI=1S/C7H11N3O/c1-2-10(8,11)7-5-3-4-6-9-7/h3-6H,2,8H2,1H3. The van der Waals surface area contributed by atoms with Gasteiger partial charge in [0.25, 0.3) is 0 Å². The van der Waals surface area contributed by atoms with Crippen LogP contribution in [0.1, 0.15) is 6.92 Å². The molecular weight excluding hydrogens is 142 g/mol. The van der Waals surface area contributed by atoms with Crippen molar-refractivity contribution in [3.8, 4) is 0 Å². The van der Waals surface area contributed by atoms with Gasteiger partial charge in [-0.1, -0.05) is 6.07 Å². The van der Waals surface area contributed by atoms with Crippen molar-refractivity contribution >= 4 is 5.82 Å². The quantitative estimate of drug-likeness (QED) is 0.388. The van der Waals surface area contributed by atoms with Crippen molar-refractivity contribution < 1.29 is 0 Å². The Kier molecular flexibility index (Phi) is 2.19. The van der Waals surface area contributed by atoms with Crippen molar-refractivity contribution in [1.82, 2.24) is 9.74 Å². The number of nitrogens with two attached hydrogens (primary N) is 1. The minimum Gasteiger partial charge on any atom is -0.605 e. The Hall–Kier alpha value is -0.970. The molecule has 1 unspecified atom stereocenters. The second-order valence-corrected chi connectivity index (χ2v) is 2.30. The Balaban J connectivity index is 2.93. The lowest BCUT2D eigenvalue weighted by Crippen LogP contribution is -2.50. The van der Waals surface area contributed by atoms with Gasteiger partial charge in [-0.2, -0.15) is 5.84 Å². The van der Waals surface area contributed by atoms with Gasteiger partial charge >= 0.3 is 0 Å². The molecule has 1 atom stereocenters. The predicted molar refractivity (Wildman–Crippen MR) is 44.1 cm³/mol. The fraction of sp³-hybridized carbons (Fsp3) is 0.286. The summed E-state index contributed by atoms with van der Waals surface area (Å²) in [5.74, 6) is 5.70. The Labute approximate surface area is 65.4 Å². The number of rotatable bonds is 2. The summed E-state index contributed by atoms with van der Waals surface area (Å²) in [5, 5.41) is 11.3. The Morgan fingerprint density at radius 2 is 2.36 bits per heavy atom. The first kappa shape index (κ1) is 8.13. The van der Waals surface area contributed by atoms with Crippen LogP contribution in [0.25, 0.3) is 0 Å². The number of quaternary nitrogens is 1. The van der Waals surface area contributed by atoms with Gasteiger partial charge in [-0.25, -0.2) is 9.74 Å². The number of nitrogens with zero attached hydrogens (tertiary/aromatic N) is 2. The van der Waals surface area contributed by atoms with E-state index in [2.05, 4.69) is 4.98 Å². The van der Waals surface area contributed by atoms with E-state index in [1.165, 1.54) is 0 Å². The number of pyridine rings is 1. The molecule has 0 aliphatic rings. The van der Waals surface area contributed by atoms with Crippen LogP contribution in [0.3, 0.4) is 0 Å². The third kappa shape index (κ3) is 1.74. The average molecular weight is 153 g/mol. The zero-order chi connectivity index (χ0) is 8.32. The molecule has 0 radical (unpaired) electrons. The van der Waals surface area contributed by atoms with Crippen molar-refractivity contribution in [1.29, 1.82) is 0 Å². The van der Waals surface area contributed by atoms with E-state index < -0.39 is 4.76 Å². The van der Waals surface area contributed by atoms with E-state index in [4.69, 9.17) is 5.84 Å². The van der Waals surface area contributed by atoms with Gasteiger partial charge in [0.2, 0.25) is 5.82 Å². The van der Waals surface area contributed by atoms with Crippen LogP contribution in [0.2, 0.25) is 0 Å². The van der Waals surface area contributed by atoms with E-state index in [1.807, 2.05) is 0 Å². The van der Waals surface area contributed by atoms with E-state index in [1.54, 1.807) is 31.3 Å². The molecule has 2 N–H and O–H groups in total. The topological polar surface area (TPSA) is 62.0 Å². The number of hydroxylamine groups is 1. The van der Waals surface area contributed by atoms with E-state index >= 15 is 0 Å². The van der Waals surface area contributed by atoms with Crippen molar-refractivity contribution in [2.45, 2.75) is 6.92 Å². The molecule has 0 saturated carbocycles. The maximum Gasteiger partial charge on any atom is 0.246 e. The molecule has 1 heterocycles. The zero-order valence-corrected chi connectivity index (χ0v) is 6.40. The average Bonchev–Trinajstić information content (AvgIpc) is 2.06. The Bertz CT molecular complexity index is 222. The van der Waals surface area contributed by atoms with Crippen molar-refractivity contribution in [3.05, 3.63) is 29.6 Å². The molecule has 0 saturated heterocycles. The van der Waals surface area contributed by atoms with Crippen molar-refractivity contribution in [2.24, 2.45) is 5.84 Å². The molecule has 0 aromatic carbocycles. The number of hydrogen-bond acceptors (Lipinski definition) is 3. The van der Waals surface area contributed by atoms with E-state index in [-0.39, 0.29) is 6.54 Å². The van der Waals surface area contributed by atoms with Gasteiger partial charge in [0.15, 0.2) is 0 Å². The lowest BCUT2D eigenvalue weighted by Gasteiger charge is -2.32. The van der Waals surface area contributed by atoms with Crippen molar-refractivity contribution in [3.63, 3.8) is 0 Å². The molecule has 1 rings (SSSR count). The van der Waals surface area contributed by atoms with E-state index in [9.17, 15) is 5.21 Å². The maximum atomic E-state index is 11.3. The SMILES string of the molecule is CC[N+](N)([O-])c1ccccn1. The van der Waals surface area contributed by atoms with Gasteiger partial charge < -0.3 is 5.21 Å². The highest BCUT2D eigenvalue weighted by Crippen LogP contribution is 2.11. The molecule has 4 heteroatoms. The smallest absolute Gasteiger partial charge is 0.246 e. The summed E-state index contributed by atoms with van der Waals surface area (Å²) in [6, 6.07) is 5.12. The summed E-state index contributed by atoms with van der Waals surface area (Å²) in [6.07, 6.45) is 1.56. The highest BCUT2D eigenvalue weighted by atomic mass is 16.6. The second kappa shape index (κ2) is 2.96. The minimum absolute atomic E-state index is 0.289. The molecule has 11 heavy (non-hydrogen) atoms. The molecule has 0 bridgehead atoms. The monoisotopic (exact) mass is 153 g/mol. The summed E-state index contributed by atoms with van der Waals surface area (Å²) in [6.45, 7) is 2.01. The first-order chi connectivity index (χ1) is 5.17. The molecule has 0 amide bonds. The lowest BCUT2D eigenvalue weighted by atomic mass is 10.4. The largest absolute Gasteiger partial charge is 0.605 e. The van der Waals surface area contributed by atoms with Gasteiger partial charge in [-0.15, -0.1) is 0 Å². The molecule has 60 valence electrons. The van der Waals surface area contributed by atoms with Gasteiger partial charge in [0, 0.05) is 12.3 Å². The van der Waals surface area contributed by atoms with Gasteiger partial charge in [0.1, 0.15) is 0 Å². The van der Waals surface area contributed by atoms with Crippen LogP contribution in [0.5, 0.6) is 0 Å². The van der Waals surface area contributed by atoms with Crippen LogP contribution >= 0.6 is 0 Å². The van der Waals surface area contributed by atoms with E-state index in [0.29, 0.717) is 5.82 Å². The normalized spacial score (nSPS) is 15.9. The molecular formula is C7H11N3O. The lowest BCUT2D eigenvalue weighted by molar-refractivity contribution is 0.397. The predicted octanol–water partition coefficient (Wildman–Crippen LogP) is 0.780. The molecule has 1 aromatic rings. The molecule has 0 aliphatic heterocycles. The Morgan fingerprint density at radius 1 is 1.64 bits per heavy atom. The van der Waals surface area contributed by atoms with Crippen LogP contribution in [0, 0.1) is 5.21 Å². The fourth-order valence-electron chi connectivity index (χ4n) is 0.740.